The molecule has 0 aromatic heterocycles. The van der Waals surface area contributed by atoms with E-state index in [0.29, 0.717) is 0 Å². The second-order valence-corrected chi connectivity index (χ2v) is 5.74. The molecule has 5 heteroatoms. The van der Waals surface area contributed by atoms with Crippen molar-refractivity contribution in [3.05, 3.63) is 0 Å². The molecule has 2 fully saturated rings. The Balaban J connectivity index is 1.72. The Kier molecular flexibility index (Phi) is 4.12. The van der Waals surface area contributed by atoms with Gasteiger partial charge in [0.05, 0.1) is 12.7 Å². The van der Waals surface area contributed by atoms with Crippen molar-refractivity contribution in [2.45, 2.75) is 57.2 Å². The number of carbonyl (C=O) groups is 1. The molecule has 2 aliphatic rings. The van der Waals surface area contributed by atoms with Crippen LogP contribution in [0.5, 0.6) is 0 Å². The Morgan fingerprint density at radius 2 is 2.06 bits per heavy atom. The number of nitrogens with one attached hydrogen (secondary N) is 1. The van der Waals surface area contributed by atoms with Gasteiger partial charge in [-0.3, -0.25) is 4.90 Å². The molecule has 104 valence electrons. The van der Waals surface area contributed by atoms with Crippen LogP contribution < -0.4 is 5.32 Å². The SMILES string of the molecule is CC(C)OC(=O)NC1CCN(C2(CO)CC2)CC1. The molecule has 0 bridgehead atoms. The fraction of sp³-hybridized carbons (Fsp3) is 0.923. The minimum Gasteiger partial charge on any atom is -0.447 e. The number of aliphatic hydroxyl groups excluding tert-OH is 1. The molecular formula is C13H24N2O3. The molecule has 5 nitrogen and oxygen atoms in total. The van der Waals surface area contributed by atoms with Crippen LogP contribution in [0.15, 0.2) is 0 Å². The number of nitrogens with zero attached hydrogens (tertiary/aromatic N) is 1. The Labute approximate surface area is 108 Å². The van der Waals surface area contributed by atoms with Crippen molar-refractivity contribution in [2.75, 3.05) is 19.7 Å². The van der Waals surface area contributed by atoms with E-state index in [2.05, 4.69) is 10.2 Å². The molecular weight excluding hydrogens is 232 g/mol. The van der Waals surface area contributed by atoms with E-state index in [1.807, 2.05) is 13.8 Å². The van der Waals surface area contributed by atoms with Crippen molar-refractivity contribution in [3.63, 3.8) is 0 Å². The highest BCUT2D eigenvalue weighted by Crippen LogP contribution is 2.42. The maximum Gasteiger partial charge on any atom is 0.407 e. The normalized spacial score (nSPS) is 24.0. The van der Waals surface area contributed by atoms with Crippen LogP contribution in [0, 0.1) is 0 Å². The fourth-order valence-corrected chi connectivity index (χ4v) is 2.63. The third-order valence-electron chi connectivity index (χ3n) is 3.95. The predicted molar refractivity (Wildman–Crippen MR) is 68.4 cm³/mol. The van der Waals surface area contributed by atoms with E-state index < -0.39 is 0 Å². The molecule has 2 N–H and O–H groups in total. The molecule has 0 unspecified atom stereocenters. The zero-order valence-electron chi connectivity index (χ0n) is 11.3. The van der Waals surface area contributed by atoms with Gasteiger partial charge in [-0.2, -0.15) is 0 Å². The summed E-state index contributed by atoms with van der Waals surface area (Å²) in [4.78, 5) is 13.9. The average Bonchev–Trinajstić information content (AvgIpc) is 3.09. The van der Waals surface area contributed by atoms with E-state index in [1.54, 1.807) is 0 Å². The van der Waals surface area contributed by atoms with Crippen molar-refractivity contribution < 1.29 is 14.6 Å². The summed E-state index contributed by atoms with van der Waals surface area (Å²) in [6, 6.07) is 0.210. The fourth-order valence-electron chi connectivity index (χ4n) is 2.63. The van der Waals surface area contributed by atoms with Crippen molar-refractivity contribution >= 4 is 6.09 Å². The monoisotopic (exact) mass is 256 g/mol. The Bertz CT molecular complexity index is 295. The summed E-state index contributed by atoms with van der Waals surface area (Å²) in [6.07, 6.45) is 3.71. The first kappa shape index (κ1) is 13.6. The lowest BCUT2D eigenvalue weighted by atomic mass is 10.0. The average molecular weight is 256 g/mol. The van der Waals surface area contributed by atoms with E-state index in [0.717, 1.165) is 38.8 Å². The largest absolute Gasteiger partial charge is 0.447 e. The van der Waals surface area contributed by atoms with Crippen LogP contribution in [0.25, 0.3) is 0 Å². The zero-order chi connectivity index (χ0) is 13.2. The van der Waals surface area contributed by atoms with Gasteiger partial charge in [-0.1, -0.05) is 0 Å². The van der Waals surface area contributed by atoms with Crippen LogP contribution in [0.3, 0.4) is 0 Å². The van der Waals surface area contributed by atoms with Gasteiger partial charge in [0, 0.05) is 24.7 Å². The van der Waals surface area contributed by atoms with E-state index in [1.165, 1.54) is 0 Å². The van der Waals surface area contributed by atoms with Gasteiger partial charge < -0.3 is 15.2 Å². The molecule has 1 aliphatic carbocycles. The summed E-state index contributed by atoms with van der Waals surface area (Å²) < 4.78 is 5.08. The highest BCUT2D eigenvalue weighted by atomic mass is 16.6. The van der Waals surface area contributed by atoms with Gasteiger partial charge in [-0.25, -0.2) is 4.79 Å². The van der Waals surface area contributed by atoms with E-state index in [-0.39, 0.29) is 30.4 Å². The summed E-state index contributed by atoms with van der Waals surface area (Å²) in [5.41, 5.74) is 0.0728. The molecule has 0 radical (unpaired) electrons. The summed E-state index contributed by atoms with van der Waals surface area (Å²) in [7, 11) is 0. The second-order valence-electron chi connectivity index (χ2n) is 5.74. The van der Waals surface area contributed by atoms with Gasteiger partial charge in [0.15, 0.2) is 0 Å². The maximum absolute atomic E-state index is 11.5. The number of rotatable bonds is 4. The molecule has 1 saturated heterocycles. The number of amides is 1. The molecule has 0 spiro atoms. The quantitative estimate of drug-likeness (QED) is 0.791. The van der Waals surface area contributed by atoms with E-state index >= 15 is 0 Å². The summed E-state index contributed by atoms with van der Waals surface area (Å²) in [6.45, 7) is 5.86. The second kappa shape index (κ2) is 5.45. The van der Waals surface area contributed by atoms with Crippen LogP contribution in [0.4, 0.5) is 4.79 Å². The van der Waals surface area contributed by atoms with Crippen LogP contribution in [0.2, 0.25) is 0 Å². The highest BCUT2D eigenvalue weighted by Gasteiger charge is 2.48. The molecule has 0 atom stereocenters. The lowest BCUT2D eigenvalue weighted by molar-refractivity contribution is 0.0714. The summed E-state index contributed by atoms with van der Waals surface area (Å²) >= 11 is 0. The molecule has 2 rings (SSSR count). The number of hydrogen-bond donors (Lipinski definition) is 2. The summed E-state index contributed by atoms with van der Waals surface area (Å²) in [5.74, 6) is 0. The lowest BCUT2D eigenvalue weighted by Gasteiger charge is -2.37. The van der Waals surface area contributed by atoms with Gasteiger partial charge in [-0.05, 0) is 39.5 Å². The van der Waals surface area contributed by atoms with Crippen LogP contribution in [-0.2, 0) is 4.74 Å². The topological polar surface area (TPSA) is 61.8 Å². The van der Waals surface area contributed by atoms with Crippen LogP contribution >= 0.6 is 0 Å². The van der Waals surface area contributed by atoms with Gasteiger partial charge in [-0.15, -0.1) is 0 Å². The third kappa shape index (κ3) is 3.14. The van der Waals surface area contributed by atoms with Gasteiger partial charge in [0.1, 0.15) is 0 Å². The first-order valence-corrected chi connectivity index (χ1v) is 6.89. The van der Waals surface area contributed by atoms with E-state index in [4.69, 9.17) is 4.74 Å². The summed E-state index contributed by atoms with van der Waals surface area (Å²) in [5, 5.41) is 12.3. The number of hydrogen-bond acceptors (Lipinski definition) is 4. The van der Waals surface area contributed by atoms with Crippen molar-refractivity contribution in [1.82, 2.24) is 10.2 Å². The molecule has 18 heavy (non-hydrogen) atoms. The Morgan fingerprint density at radius 3 is 2.50 bits per heavy atom. The smallest absolute Gasteiger partial charge is 0.407 e. The molecule has 1 aliphatic heterocycles. The minimum absolute atomic E-state index is 0.0728. The minimum atomic E-state index is -0.313. The third-order valence-corrected chi connectivity index (χ3v) is 3.95. The first-order valence-electron chi connectivity index (χ1n) is 6.89. The first-order chi connectivity index (χ1) is 8.55. The van der Waals surface area contributed by atoms with Gasteiger partial charge in [0.2, 0.25) is 0 Å². The number of aliphatic hydroxyl groups is 1. The number of carbonyl (C=O) groups excluding carboxylic acids is 1. The highest BCUT2D eigenvalue weighted by molar-refractivity contribution is 5.67. The zero-order valence-corrected chi connectivity index (χ0v) is 11.3. The van der Waals surface area contributed by atoms with Crippen LogP contribution in [-0.4, -0.2) is 53.5 Å². The molecule has 1 amide bonds. The number of ether oxygens (including phenoxy) is 1. The molecule has 0 aromatic rings. The van der Waals surface area contributed by atoms with E-state index in [9.17, 15) is 9.90 Å². The lowest BCUT2D eigenvalue weighted by Crippen LogP contribution is -2.50. The number of alkyl carbamates (subject to hydrolysis) is 1. The van der Waals surface area contributed by atoms with Gasteiger partial charge >= 0.3 is 6.09 Å². The molecule has 1 saturated carbocycles. The standard InChI is InChI=1S/C13H24N2O3/c1-10(2)18-12(17)14-11-3-7-15(8-4-11)13(9-16)5-6-13/h10-11,16H,3-9H2,1-2H3,(H,14,17). The number of likely N-dealkylation sites (tertiary alicyclic amines) is 1. The Hall–Kier alpha value is -0.810. The predicted octanol–water partition coefficient (Wildman–Crippen LogP) is 1.11. The molecule has 1 heterocycles. The van der Waals surface area contributed by atoms with Crippen LogP contribution in [0.1, 0.15) is 39.5 Å². The van der Waals surface area contributed by atoms with Crippen molar-refractivity contribution in [3.8, 4) is 0 Å². The van der Waals surface area contributed by atoms with Gasteiger partial charge in [0.25, 0.3) is 0 Å². The number of piperidine rings is 1. The van der Waals surface area contributed by atoms with Crippen molar-refractivity contribution in [2.24, 2.45) is 0 Å². The molecule has 0 aromatic carbocycles. The maximum atomic E-state index is 11.5. The Morgan fingerprint density at radius 1 is 1.44 bits per heavy atom. The van der Waals surface area contributed by atoms with Crippen molar-refractivity contribution in [1.29, 1.82) is 0 Å².